The van der Waals surface area contributed by atoms with Crippen LogP contribution in [0.5, 0.6) is 5.88 Å². The number of pyridine rings is 1. The Bertz CT molecular complexity index is 310. The number of hydrogen-bond donors (Lipinski definition) is 1. The lowest BCUT2D eigenvalue weighted by Crippen LogP contribution is -2.23. The summed E-state index contributed by atoms with van der Waals surface area (Å²) in [7, 11) is 0. The molecule has 0 fully saturated rings. The van der Waals surface area contributed by atoms with E-state index in [9.17, 15) is 13.2 Å². The van der Waals surface area contributed by atoms with Gasteiger partial charge in [0.2, 0.25) is 5.88 Å². The number of ether oxygens (including phenoxy) is 1. The average Bonchev–Trinajstić information content (AvgIpc) is 2.17. The molecule has 1 aromatic heterocycles. The zero-order valence-electron chi connectivity index (χ0n) is 8.08. The summed E-state index contributed by atoms with van der Waals surface area (Å²) in [5.74, 6) is 0.140. The van der Waals surface area contributed by atoms with Gasteiger partial charge in [-0.3, -0.25) is 0 Å². The lowest BCUT2D eigenvalue weighted by Gasteiger charge is -2.12. The minimum absolute atomic E-state index is 0.140. The van der Waals surface area contributed by atoms with E-state index in [-0.39, 0.29) is 18.5 Å². The van der Waals surface area contributed by atoms with Crippen molar-refractivity contribution in [2.75, 3.05) is 6.54 Å². The molecular formula is C9H11F3N2O. The Morgan fingerprint density at radius 2 is 2.13 bits per heavy atom. The summed E-state index contributed by atoms with van der Waals surface area (Å²) in [5.41, 5.74) is 4.49. The molecule has 0 radical (unpaired) electrons. The van der Waals surface area contributed by atoms with Crippen molar-refractivity contribution < 1.29 is 17.9 Å². The Hall–Kier alpha value is -1.30. The van der Waals surface area contributed by atoms with Crippen LogP contribution in [0.1, 0.15) is 12.5 Å². The van der Waals surface area contributed by atoms with E-state index in [0.29, 0.717) is 0 Å². The van der Waals surface area contributed by atoms with Gasteiger partial charge in [0, 0.05) is 18.8 Å². The number of hydrogen-bond acceptors (Lipinski definition) is 3. The molecule has 0 aliphatic carbocycles. The first-order chi connectivity index (χ1) is 6.93. The van der Waals surface area contributed by atoms with E-state index in [1.54, 1.807) is 6.92 Å². The van der Waals surface area contributed by atoms with Crippen molar-refractivity contribution >= 4 is 0 Å². The Kier molecular flexibility index (Phi) is 3.52. The van der Waals surface area contributed by atoms with Crippen molar-refractivity contribution in [3.05, 3.63) is 23.9 Å². The lowest BCUT2D eigenvalue weighted by molar-refractivity contribution is -0.137. The van der Waals surface area contributed by atoms with Crippen LogP contribution >= 0.6 is 0 Å². The van der Waals surface area contributed by atoms with Gasteiger partial charge < -0.3 is 10.5 Å². The molecule has 6 heteroatoms. The van der Waals surface area contributed by atoms with Crippen LogP contribution in [0.2, 0.25) is 0 Å². The van der Waals surface area contributed by atoms with Gasteiger partial charge in [-0.1, -0.05) is 0 Å². The lowest BCUT2D eigenvalue weighted by atomic mass is 10.3. The van der Waals surface area contributed by atoms with Crippen LogP contribution < -0.4 is 10.5 Å². The Balaban J connectivity index is 2.73. The summed E-state index contributed by atoms with van der Waals surface area (Å²) in [6.45, 7) is 1.99. The molecule has 0 saturated carbocycles. The van der Waals surface area contributed by atoms with E-state index in [2.05, 4.69) is 4.98 Å². The molecule has 2 N–H and O–H groups in total. The summed E-state index contributed by atoms with van der Waals surface area (Å²) in [6, 6.07) is 2.10. The maximum Gasteiger partial charge on any atom is 0.417 e. The highest BCUT2D eigenvalue weighted by Gasteiger charge is 2.30. The van der Waals surface area contributed by atoms with Crippen molar-refractivity contribution in [2.45, 2.75) is 19.2 Å². The van der Waals surface area contributed by atoms with Gasteiger partial charge in [0.1, 0.15) is 6.10 Å². The standard InChI is InChI=1S/C9H11F3N2O/c1-6(4-13)15-8-3-2-7(5-14-8)9(10,11)12/h2-3,5-6H,4,13H2,1H3/t6-/m0/s1. The van der Waals surface area contributed by atoms with Gasteiger partial charge in [0.15, 0.2) is 0 Å². The number of nitrogens with zero attached hydrogens (tertiary/aromatic N) is 1. The average molecular weight is 220 g/mol. The maximum absolute atomic E-state index is 12.1. The van der Waals surface area contributed by atoms with Crippen LogP contribution in [0.15, 0.2) is 18.3 Å². The highest BCUT2D eigenvalue weighted by Crippen LogP contribution is 2.29. The zero-order valence-corrected chi connectivity index (χ0v) is 8.08. The molecule has 3 nitrogen and oxygen atoms in total. The molecule has 0 unspecified atom stereocenters. The van der Waals surface area contributed by atoms with E-state index in [1.807, 2.05) is 0 Å². The van der Waals surface area contributed by atoms with Gasteiger partial charge in [0.05, 0.1) is 5.56 Å². The number of aromatic nitrogens is 1. The normalized spacial score (nSPS) is 13.7. The second kappa shape index (κ2) is 4.48. The minimum atomic E-state index is -4.37. The van der Waals surface area contributed by atoms with E-state index in [4.69, 9.17) is 10.5 Å². The molecule has 0 aromatic carbocycles. The SMILES string of the molecule is C[C@@H](CN)Oc1ccc(C(F)(F)F)cn1. The molecule has 1 atom stereocenters. The second-order valence-corrected chi connectivity index (χ2v) is 3.05. The second-order valence-electron chi connectivity index (χ2n) is 3.05. The Morgan fingerprint density at radius 1 is 1.47 bits per heavy atom. The molecule has 0 aliphatic heterocycles. The van der Waals surface area contributed by atoms with Crippen molar-refractivity contribution in [3.63, 3.8) is 0 Å². The van der Waals surface area contributed by atoms with Crippen molar-refractivity contribution in [3.8, 4) is 5.88 Å². The van der Waals surface area contributed by atoms with Crippen molar-refractivity contribution in [2.24, 2.45) is 5.73 Å². The number of rotatable bonds is 3. The predicted molar refractivity (Wildman–Crippen MR) is 48.4 cm³/mol. The molecule has 0 aliphatic rings. The van der Waals surface area contributed by atoms with Crippen LogP contribution in [0.4, 0.5) is 13.2 Å². The van der Waals surface area contributed by atoms with Crippen LogP contribution in [-0.2, 0) is 6.18 Å². The predicted octanol–water partition coefficient (Wildman–Crippen LogP) is 1.83. The molecule has 0 spiro atoms. The molecule has 0 bridgehead atoms. The highest BCUT2D eigenvalue weighted by molar-refractivity contribution is 5.20. The third kappa shape index (κ3) is 3.39. The number of alkyl halides is 3. The summed E-state index contributed by atoms with van der Waals surface area (Å²) in [6.07, 6.45) is -3.90. The number of nitrogens with two attached hydrogens (primary N) is 1. The van der Waals surface area contributed by atoms with Crippen molar-refractivity contribution in [1.82, 2.24) is 4.98 Å². The van der Waals surface area contributed by atoms with E-state index < -0.39 is 11.7 Å². The highest BCUT2D eigenvalue weighted by atomic mass is 19.4. The molecule has 1 aromatic rings. The summed E-state index contributed by atoms with van der Waals surface area (Å²) < 4.78 is 41.6. The maximum atomic E-state index is 12.1. The molecule has 1 rings (SSSR count). The topological polar surface area (TPSA) is 48.1 Å². The van der Waals surface area contributed by atoms with Crippen LogP contribution in [0, 0.1) is 0 Å². The van der Waals surface area contributed by atoms with Crippen LogP contribution in [0.25, 0.3) is 0 Å². The zero-order chi connectivity index (χ0) is 11.5. The summed E-state index contributed by atoms with van der Waals surface area (Å²) >= 11 is 0. The van der Waals surface area contributed by atoms with Crippen molar-refractivity contribution in [1.29, 1.82) is 0 Å². The van der Waals surface area contributed by atoms with Gasteiger partial charge in [-0.15, -0.1) is 0 Å². The van der Waals surface area contributed by atoms with E-state index in [0.717, 1.165) is 12.3 Å². The molecule has 84 valence electrons. The quantitative estimate of drug-likeness (QED) is 0.845. The third-order valence-corrected chi connectivity index (χ3v) is 1.72. The molecule has 15 heavy (non-hydrogen) atoms. The minimum Gasteiger partial charge on any atom is -0.473 e. The summed E-state index contributed by atoms with van der Waals surface area (Å²) in [5, 5.41) is 0. The first-order valence-corrected chi connectivity index (χ1v) is 4.33. The first kappa shape index (κ1) is 11.8. The Labute approximate surface area is 85.1 Å². The van der Waals surface area contributed by atoms with E-state index in [1.165, 1.54) is 6.07 Å². The fraction of sp³-hybridized carbons (Fsp3) is 0.444. The first-order valence-electron chi connectivity index (χ1n) is 4.33. The Morgan fingerprint density at radius 3 is 2.53 bits per heavy atom. The fourth-order valence-corrected chi connectivity index (χ4v) is 0.872. The molecule has 0 saturated heterocycles. The van der Waals surface area contributed by atoms with Gasteiger partial charge in [-0.25, -0.2) is 4.98 Å². The van der Waals surface area contributed by atoms with Gasteiger partial charge in [0.25, 0.3) is 0 Å². The van der Waals surface area contributed by atoms with Crippen LogP contribution in [0.3, 0.4) is 0 Å². The van der Waals surface area contributed by atoms with Gasteiger partial charge in [-0.2, -0.15) is 13.2 Å². The number of halogens is 3. The van der Waals surface area contributed by atoms with Gasteiger partial charge in [-0.05, 0) is 13.0 Å². The monoisotopic (exact) mass is 220 g/mol. The van der Waals surface area contributed by atoms with Crippen LogP contribution in [-0.4, -0.2) is 17.6 Å². The molecule has 0 amide bonds. The van der Waals surface area contributed by atoms with Gasteiger partial charge >= 0.3 is 6.18 Å². The molecule has 1 heterocycles. The third-order valence-electron chi connectivity index (χ3n) is 1.72. The summed E-state index contributed by atoms with van der Waals surface area (Å²) in [4.78, 5) is 3.54. The van der Waals surface area contributed by atoms with E-state index >= 15 is 0 Å². The fourth-order valence-electron chi connectivity index (χ4n) is 0.872. The molecular weight excluding hydrogens is 209 g/mol. The smallest absolute Gasteiger partial charge is 0.417 e. The largest absolute Gasteiger partial charge is 0.473 e.